The number of nitrogens with zero attached hydrogens (tertiary/aromatic N) is 4. The molecule has 0 bridgehead atoms. The third kappa shape index (κ3) is 1.33. The van der Waals surface area contributed by atoms with Gasteiger partial charge in [0, 0.05) is 12.4 Å². The minimum absolute atomic E-state index is 0.267. The first kappa shape index (κ1) is 8.36. The number of hydrogen-bond acceptors (Lipinski definition) is 6. The molecule has 14 heavy (non-hydrogen) atoms. The van der Waals surface area contributed by atoms with Crippen molar-refractivity contribution in [2.75, 3.05) is 11.5 Å². The smallest absolute Gasteiger partial charge is 0.159 e. The molecule has 0 aliphatic heterocycles. The van der Waals surface area contributed by atoms with Gasteiger partial charge in [0.15, 0.2) is 11.6 Å². The largest absolute Gasteiger partial charge is 0.382 e. The van der Waals surface area contributed by atoms with Gasteiger partial charge in [-0.05, 0) is 22.9 Å². The summed E-state index contributed by atoms with van der Waals surface area (Å²) in [5, 5.41) is 10.7. The van der Waals surface area contributed by atoms with Crippen LogP contribution in [0.4, 0.5) is 11.6 Å². The van der Waals surface area contributed by atoms with E-state index in [-0.39, 0.29) is 11.6 Å². The summed E-state index contributed by atoms with van der Waals surface area (Å²) in [7, 11) is 0. The molecule has 70 valence electrons. The molecule has 0 aliphatic rings. The Morgan fingerprint density at radius 2 is 1.50 bits per heavy atom. The first-order valence-electron chi connectivity index (χ1n) is 3.93. The number of hydrogen-bond donors (Lipinski definition) is 2. The van der Waals surface area contributed by atoms with E-state index in [1.165, 1.54) is 0 Å². The Hall–Kier alpha value is -2.24. The maximum absolute atomic E-state index is 5.64. The van der Waals surface area contributed by atoms with Crippen molar-refractivity contribution in [2.24, 2.45) is 0 Å². The Balaban J connectivity index is 2.63. The maximum atomic E-state index is 5.64. The molecule has 0 aliphatic carbocycles. The highest BCUT2D eigenvalue weighted by Crippen LogP contribution is 2.26. The van der Waals surface area contributed by atoms with E-state index < -0.39 is 0 Å². The average molecular weight is 188 g/mol. The van der Waals surface area contributed by atoms with Crippen molar-refractivity contribution in [3.05, 3.63) is 24.5 Å². The molecule has 0 amide bonds. The topological polar surface area (TPSA) is 104 Å². The zero-order valence-electron chi connectivity index (χ0n) is 7.25. The van der Waals surface area contributed by atoms with Crippen LogP contribution in [-0.2, 0) is 0 Å². The van der Waals surface area contributed by atoms with Crippen molar-refractivity contribution in [3.8, 4) is 11.1 Å². The molecule has 0 saturated carbocycles. The Morgan fingerprint density at radius 3 is 2.07 bits per heavy atom. The van der Waals surface area contributed by atoms with E-state index in [0.29, 0.717) is 5.56 Å². The average Bonchev–Trinajstić information content (AvgIpc) is 2.19. The summed E-state index contributed by atoms with van der Waals surface area (Å²) >= 11 is 0. The molecule has 6 heteroatoms. The third-order valence-electron chi connectivity index (χ3n) is 1.79. The van der Waals surface area contributed by atoms with Gasteiger partial charge >= 0.3 is 0 Å². The van der Waals surface area contributed by atoms with Crippen molar-refractivity contribution >= 4 is 11.6 Å². The summed E-state index contributed by atoms with van der Waals surface area (Å²) in [5.41, 5.74) is 12.7. The number of nitrogens with two attached hydrogens (primary N) is 2. The summed E-state index contributed by atoms with van der Waals surface area (Å²) in [4.78, 5) is 3.89. The van der Waals surface area contributed by atoms with Crippen molar-refractivity contribution in [2.45, 2.75) is 0 Å². The van der Waals surface area contributed by atoms with E-state index >= 15 is 0 Å². The Kier molecular flexibility index (Phi) is 1.94. The van der Waals surface area contributed by atoms with Gasteiger partial charge in [0.25, 0.3) is 0 Å². The first-order valence-corrected chi connectivity index (χ1v) is 3.93. The number of aromatic nitrogens is 4. The molecule has 2 heterocycles. The lowest BCUT2D eigenvalue weighted by molar-refractivity contribution is 0.883. The third-order valence-corrected chi connectivity index (χ3v) is 1.79. The summed E-state index contributed by atoms with van der Waals surface area (Å²) in [5.74, 6) is 0.535. The first-order chi connectivity index (χ1) is 6.79. The standard InChI is InChI=1S/C8H8N6/c9-7-6(8(10)13-14-12-7)5-1-3-11-4-2-5/h1-4H,(H4,9,10,12,13). The molecule has 0 radical (unpaired) electrons. The highest BCUT2D eigenvalue weighted by molar-refractivity contribution is 5.81. The van der Waals surface area contributed by atoms with Gasteiger partial charge in [-0.2, -0.15) is 0 Å². The van der Waals surface area contributed by atoms with Crippen LogP contribution in [0.5, 0.6) is 0 Å². The van der Waals surface area contributed by atoms with Crippen molar-refractivity contribution in [3.63, 3.8) is 0 Å². The van der Waals surface area contributed by atoms with Gasteiger partial charge < -0.3 is 11.5 Å². The van der Waals surface area contributed by atoms with Crippen molar-refractivity contribution in [1.29, 1.82) is 0 Å². The Labute approximate surface area is 80.0 Å². The highest BCUT2D eigenvalue weighted by Gasteiger charge is 2.09. The molecular weight excluding hydrogens is 180 g/mol. The van der Waals surface area contributed by atoms with Crippen molar-refractivity contribution in [1.82, 2.24) is 20.4 Å². The summed E-state index contributed by atoms with van der Waals surface area (Å²) in [6.45, 7) is 0. The van der Waals surface area contributed by atoms with Crippen LogP contribution in [0.25, 0.3) is 11.1 Å². The van der Waals surface area contributed by atoms with Crippen LogP contribution in [-0.4, -0.2) is 20.4 Å². The molecule has 2 aromatic heterocycles. The van der Waals surface area contributed by atoms with Gasteiger partial charge in [-0.25, -0.2) is 0 Å². The molecule has 2 rings (SSSR count). The van der Waals surface area contributed by atoms with Crippen LogP contribution in [0.2, 0.25) is 0 Å². The lowest BCUT2D eigenvalue weighted by Gasteiger charge is -2.04. The highest BCUT2D eigenvalue weighted by atomic mass is 15.3. The number of anilines is 2. The minimum atomic E-state index is 0.267. The second kappa shape index (κ2) is 3.25. The van der Waals surface area contributed by atoms with Gasteiger partial charge in [0.05, 0.1) is 5.56 Å². The fraction of sp³-hybridized carbons (Fsp3) is 0. The molecular formula is C8H8N6. The minimum Gasteiger partial charge on any atom is -0.382 e. The van der Waals surface area contributed by atoms with Crippen LogP contribution in [0.3, 0.4) is 0 Å². The fourth-order valence-corrected chi connectivity index (χ4v) is 1.16. The van der Waals surface area contributed by atoms with Gasteiger partial charge in [0.2, 0.25) is 0 Å². The van der Waals surface area contributed by atoms with Gasteiger partial charge in [0.1, 0.15) is 0 Å². The number of pyridine rings is 1. The normalized spacial score (nSPS) is 10.0. The Bertz CT molecular complexity index is 421. The quantitative estimate of drug-likeness (QED) is 0.657. The van der Waals surface area contributed by atoms with E-state index in [9.17, 15) is 0 Å². The predicted molar refractivity (Wildman–Crippen MR) is 51.9 cm³/mol. The molecule has 0 atom stereocenters. The molecule has 0 spiro atoms. The van der Waals surface area contributed by atoms with Crippen LogP contribution in [0.1, 0.15) is 0 Å². The van der Waals surface area contributed by atoms with Crippen LogP contribution < -0.4 is 11.5 Å². The second-order valence-electron chi connectivity index (χ2n) is 2.67. The van der Waals surface area contributed by atoms with E-state index in [4.69, 9.17) is 11.5 Å². The molecule has 4 N–H and O–H groups in total. The molecule has 2 aromatic rings. The lowest BCUT2D eigenvalue weighted by atomic mass is 10.1. The van der Waals surface area contributed by atoms with Crippen LogP contribution in [0, 0.1) is 0 Å². The van der Waals surface area contributed by atoms with E-state index in [1.807, 2.05) is 0 Å². The van der Waals surface area contributed by atoms with Gasteiger partial charge in [-0.1, -0.05) is 0 Å². The van der Waals surface area contributed by atoms with Gasteiger partial charge in [-0.3, -0.25) is 4.98 Å². The number of rotatable bonds is 1. The van der Waals surface area contributed by atoms with E-state index in [1.54, 1.807) is 24.5 Å². The van der Waals surface area contributed by atoms with E-state index in [0.717, 1.165) is 5.56 Å². The lowest BCUT2D eigenvalue weighted by Crippen LogP contribution is -2.04. The molecule has 0 aromatic carbocycles. The fourth-order valence-electron chi connectivity index (χ4n) is 1.16. The van der Waals surface area contributed by atoms with Crippen LogP contribution >= 0.6 is 0 Å². The molecule has 6 nitrogen and oxygen atoms in total. The zero-order chi connectivity index (χ0) is 9.97. The molecule has 0 saturated heterocycles. The maximum Gasteiger partial charge on any atom is 0.159 e. The predicted octanol–water partition coefficient (Wildman–Crippen LogP) is 0.0980. The van der Waals surface area contributed by atoms with E-state index in [2.05, 4.69) is 20.4 Å². The summed E-state index contributed by atoms with van der Waals surface area (Å²) in [6.07, 6.45) is 3.29. The molecule has 0 unspecified atom stereocenters. The molecule has 0 fully saturated rings. The SMILES string of the molecule is Nc1nnnc(N)c1-c1ccncc1. The zero-order valence-corrected chi connectivity index (χ0v) is 7.25. The monoisotopic (exact) mass is 188 g/mol. The summed E-state index contributed by atoms with van der Waals surface area (Å²) < 4.78 is 0. The number of nitrogen functional groups attached to an aromatic ring is 2. The van der Waals surface area contributed by atoms with Crippen molar-refractivity contribution < 1.29 is 0 Å². The van der Waals surface area contributed by atoms with Gasteiger partial charge in [-0.15, -0.1) is 10.2 Å². The second-order valence-corrected chi connectivity index (χ2v) is 2.67. The summed E-state index contributed by atoms with van der Waals surface area (Å²) in [6, 6.07) is 3.57. The van der Waals surface area contributed by atoms with Crippen LogP contribution in [0.15, 0.2) is 24.5 Å². The Morgan fingerprint density at radius 1 is 0.929 bits per heavy atom.